The Hall–Kier alpha value is -5.55. The van der Waals surface area contributed by atoms with Gasteiger partial charge in [-0.1, -0.05) is 103 Å². The lowest BCUT2D eigenvalue weighted by Gasteiger charge is -2.27. The fourth-order valence-electron chi connectivity index (χ4n) is 8.67. The molecule has 55 heavy (non-hydrogen) atoms. The fourth-order valence-corrected chi connectivity index (χ4v) is 8.67. The highest BCUT2D eigenvalue weighted by molar-refractivity contribution is 6.09. The molecule has 1 aliphatic heterocycles. The highest BCUT2D eigenvalue weighted by Crippen LogP contribution is 2.47. The number of hydrogen-bond donors (Lipinski definition) is 0. The zero-order chi connectivity index (χ0) is 37.9. The molecule has 5 nitrogen and oxygen atoms in total. The van der Waals surface area contributed by atoms with Gasteiger partial charge in [-0.3, -0.25) is 4.57 Å². The largest absolute Gasteiger partial charge is 0.457 e. The first-order valence-electron chi connectivity index (χ1n) is 20.1. The van der Waals surface area contributed by atoms with E-state index in [1.165, 1.54) is 76.6 Å². The van der Waals surface area contributed by atoms with Gasteiger partial charge in [-0.25, -0.2) is 4.98 Å². The van der Waals surface area contributed by atoms with Gasteiger partial charge >= 0.3 is 0 Å². The summed E-state index contributed by atoms with van der Waals surface area (Å²) in [6, 6.07) is 44.3. The third-order valence-electron chi connectivity index (χ3n) is 11.8. The van der Waals surface area contributed by atoms with Crippen LogP contribution in [0.2, 0.25) is 0 Å². The summed E-state index contributed by atoms with van der Waals surface area (Å²) < 4.78 is 9.18. The molecule has 0 radical (unpaired) electrons. The van der Waals surface area contributed by atoms with Crippen LogP contribution in [0.25, 0.3) is 27.6 Å². The van der Waals surface area contributed by atoms with E-state index < -0.39 is 0 Å². The first-order chi connectivity index (χ1) is 26.5. The molecule has 2 aromatic heterocycles. The van der Waals surface area contributed by atoms with Gasteiger partial charge in [0.2, 0.25) is 0 Å². The van der Waals surface area contributed by atoms with Crippen molar-refractivity contribution in [2.75, 3.05) is 16.5 Å². The molecule has 0 atom stereocenters. The number of hydrogen-bond acceptors (Lipinski definition) is 4. The van der Waals surface area contributed by atoms with Gasteiger partial charge < -0.3 is 14.5 Å². The zero-order valence-electron chi connectivity index (χ0n) is 33.1. The van der Waals surface area contributed by atoms with E-state index in [2.05, 4.69) is 177 Å². The van der Waals surface area contributed by atoms with Crippen molar-refractivity contribution in [2.24, 2.45) is 0 Å². The molecule has 5 heteroatoms. The maximum atomic E-state index is 6.90. The summed E-state index contributed by atoms with van der Waals surface area (Å²) in [6.45, 7) is 14.3. The van der Waals surface area contributed by atoms with Crippen LogP contribution in [-0.2, 0) is 10.8 Å². The lowest BCUT2D eigenvalue weighted by Crippen LogP contribution is -2.24. The van der Waals surface area contributed by atoms with Crippen molar-refractivity contribution in [1.29, 1.82) is 0 Å². The van der Waals surface area contributed by atoms with E-state index in [1.807, 2.05) is 6.20 Å². The number of benzene rings is 5. The second-order valence-corrected chi connectivity index (χ2v) is 17.7. The molecule has 0 unspecified atom stereocenters. The molecule has 1 saturated carbocycles. The number of para-hydroxylation sites is 3. The summed E-state index contributed by atoms with van der Waals surface area (Å²) in [4.78, 5) is 9.81. The molecule has 1 fully saturated rings. The quantitative estimate of drug-likeness (QED) is 0.171. The van der Waals surface area contributed by atoms with E-state index in [4.69, 9.17) is 9.72 Å². The van der Waals surface area contributed by atoms with Crippen molar-refractivity contribution in [1.82, 2.24) is 9.55 Å². The van der Waals surface area contributed by atoms with Crippen molar-refractivity contribution >= 4 is 44.6 Å². The van der Waals surface area contributed by atoms with Crippen molar-refractivity contribution in [2.45, 2.75) is 90.4 Å². The van der Waals surface area contributed by atoms with E-state index in [0.717, 1.165) is 40.7 Å². The summed E-state index contributed by atoms with van der Waals surface area (Å²) in [5.74, 6) is 3.20. The Balaban J connectivity index is 1.10. The van der Waals surface area contributed by atoms with Crippen molar-refractivity contribution in [3.8, 4) is 17.3 Å². The van der Waals surface area contributed by atoms with Crippen LogP contribution >= 0.6 is 0 Å². The number of fused-ring (bicyclic) bond motifs is 4. The predicted molar refractivity (Wildman–Crippen MR) is 230 cm³/mol. The molecule has 0 spiro atoms. The first kappa shape index (κ1) is 35.2. The van der Waals surface area contributed by atoms with E-state index in [9.17, 15) is 0 Å². The van der Waals surface area contributed by atoms with E-state index in [-0.39, 0.29) is 10.8 Å². The maximum absolute atomic E-state index is 6.90. The molecular formula is C50H52N4O. The van der Waals surface area contributed by atoms with Crippen LogP contribution < -0.4 is 14.5 Å². The first-order valence-corrected chi connectivity index (χ1v) is 20.1. The average molecular weight is 725 g/mol. The third-order valence-corrected chi connectivity index (χ3v) is 11.8. The summed E-state index contributed by atoms with van der Waals surface area (Å²) in [7, 11) is 0. The zero-order valence-corrected chi connectivity index (χ0v) is 33.1. The molecule has 7 aromatic rings. The monoisotopic (exact) mass is 724 g/mol. The SMILES string of the molecule is CC(C)(C)c1cc(Oc2ccc3c4ccccc4n(-c4cc(C(C)(C)C)ccn4)c3c2)cc(N2CN(c3cccc(C4CCCCC4)c3)c3ccccc32)c1. The van der Waals surface area contributed by atoms with Gasteiger partial charge in [0.05, 0.1) is 22.4 Å². The minimum atomic E-state index is -0.0818. The molecule has 2 aliphatic rings. The van der Waals surface area contributed by atoms with Gasteiger partial charge in [0.25, 0.3) is 0 Å². The van der Waals surface area contributed by atoms with Gasteiger partial charge in [0, 0.05) is 40.5 Å². The Kier molecular flexibility index (Phi) is 8.72. The summed E-state index contributed by atoms with van der Waals surface area (Å²) in [6.07, 6.45) is 8.57. The maximum Gasteiger partial charge on any atom is 0.137 e. The highest BCUT2D eigenvalue weighted by Gasteiger charge is 2.30. The van der Waals surface area contributed by atoms with E-state index >= 15 is 0 Å². The number of rotatable bonds is 6. The molecule has 278 valence electrons. The normalized spacial score (nSPS) is 15.2. The number of anilines is 4. The number of ether oxygens (including phenoxy) is 1. The van der Waals surface area contributed by atoms with Crippen molar-refractivity contribution in [3.63, 3.8) is 0 Å². The summed E-state index contributed by atoms with van der Waals surface area (Å²) >= 11 is 0. The van der Waals surface area contributed by atoms with Crippen LogP contribution in [0.4, 0.5) is 22.7 Å². The number of nitrogens with zero attached hydrogens (tertiary/aromatic N) is 4. The summed E-state index contributed by atoms with van der Waals surface area (Å²) in [5, 5.41) is 2.38. The molecule has 0 bridgehead atoms. The fraction of sp³-hybridized carbons (Fsp3) is 0.300. The number of pyridine rings is 1. The van der Waals surface area contributed by atoms with Gasteiger partial charge in [-0.15, -0.1) is 0 Å². The highest BCUT2D eigenvalue weighted by atomic mass is 16.5. The Morgan fingerprint density at radius 3 is 2.04 bits per heavy atom. The van der Waals surface area contributed by atoms with Crippen molar-refractivity contribution in [3.05, 3.63) is 144 Å². The lowest BCUT2D eigenvalue weighted by atomic mass is 9.84. The van der Waals surface area contributed by atoms with Crippen LogP contribution in [0.15, 0.2) is 128 Å². The Morgan fingerprint density at radius 2 is 1.27 bits per heavy atom. The van der Waals surface area contributed by atoms with Crippen LogP contribution in [0.1, 0.15) is 96.3 Å². The average Bonchev–Trinajstić information content (AvgIpc) is 3.74. The molecule has 3 heterocycles. The molecule has 5 aromatic carbocycles. The second kappa shape index (κ2) is 13.6. The Labute approximate surface area is 326 Å². The topological polar surface area (TPSA) is 33.5 Å². The molecule has 9 rings (SSSR count). The lowest BCUT2D eigenvalue weighted by molar-refractivity contribution is 0.443. The minimum Gasteiger partial charge on any atom is -0.457 e. The van der Waals surface area contributed by atoms with Gasteiger partial charge in [-0.2, -0.15) is 0 Å². The smallest absolute Gasteiger partial charge is 0.137 e. The summed E-state index contributed by atoms with van der Waals surface area (Å²) in [5.41, 5.74) is 10.9. The number of aromatic nitrogens is 2. The minimum absolute atomic E-state index is 0.00631. The molecule has 0 saturated heterocycles. The van der Waals surface area contributed by atoms with Crippen LogP contribution in [0, 0.1) is 0 Å². The molecule has 1 aliphatic carbocycles. The van der Waals surface area contributed by atoms with Gasteiger partial charge in [-0.05, 0) is 113 Å². The van der Waals surface area contributed by atoms with E-state index in [0.29, 0.717) is 5.92 Å². The molecule has 0 N–H and O–H groups in total. The standard InChI is InChI=1S/C50H52N4O/c1-49(2,3)36-25-26-51-48(30-36)54-44-20-11-10-19-42(44)43-24-23-40(32-47(43)54)55-41-29-37(50(4,5)6)28-39(31-41)53-33-52(45-21-12-13-22-46(45)53)38-18-14-17-35(27-38)34-15-8-7-9-16-34/h10-14,17-32,34H,7-9,15-16,33H2,1-6H3. The van der Waals surface area contributed by atoms with Gasteiger partial charge in [0.1, 0.15) is 24.0 Å². The van der Waals surface area contributed by atoms with Crippen molar-refractivity contribution < 1.29 is 4.74 Å². The van der Waals surface area contributed by atoms with Crippen LogP contribution in [0.5, 0.6) is 11.5 Å². The molecule has 0 amide bonds. The molecular weight excluding hydrogens is 673 g/mol. The predicted octanol–water partition coefficient (Wildman–Crippen LogP) is 13.9. The Bertz CT molecular complexity index is 2530. The second-order valence-electron chi connectivity index (χ2n) is 17.7. The van der Waals surface area contributed by atoms with Crippen LogP contribution in [0.3, 0.4) is 0 Å². The van der Waals surface area contributed by atoms with Gasteiger partial charge in [0.15, 0.2) is 0 Å². The third kappa shape index (κ3) is 6.64. The Morgan fingerprint density at radius 1 is 0.564 bits per heavy atom. The van der Waals surface area contributed by atoms with E-state index in [1.54, 1.807) is 0 Å². The van der Waals surface area contributed by atoms with Crippen LogP contribution in [-0.4, -0.2) is 16.2 Å².